The van der Waals surface area contributed by atoms with E-state index >= 15 is 0 Å². The number of aromatic nitrogens is 6. The van der Waals surface area contributed by atoms with Gasteiger partial charge in [0.2, 0.25) is 11.8 Å². The van der Waals surface area contributed by atoms with E-state index in [1.165, 1.54) is 4.90 Å². The highest BCUT2D eigenvalue weighted by Crippen LogP contribution is 2.36. The first-order valence-electron chi connectivity index (χ1n) is 19.2. The zero-order valence-corrected chi connectivity index (χ0v) is 32.9. The fraction of sp³-hybridized carbons (Fsp3) is 0.286. The van der Waals surface area contributed by atoms with Crippen LogP contribution in [-0.4, -0.2) is 86.2 Å². The Kier molecular flexibility index (Phi) is 9.50. The first-order valence-corrected chi connectivity index (χ1v) is 19.9. The topological polar surface area (TPSA) is 151 Å². The van der Waals surface area contributed by atoms with Gasteiger partial charge in [-0.1, -0.05) is 49.4 Å². The molecule has 2 aromatic carbocycles. The molecule has 0 spiro atoms. The third-order valence-electron chi connectivity index (χ3n) is 11.4. The molecule has 0 radical (unpaired) electrons. The molecule has 1 atom stereocenters. The summed E-state index contributed by atoms with van der Waals surface area (Å²) in [6.45, 7) is 6.26. The number of imidazole rings is 1. The third-order valence-corrected chi connectivity index (χ3v) is 11.9. The maximum atomic E-state index is 13.4. The van der Waals surface area contributed by atoms with Crippen molar-refractivity contribution in [3.05, 3.63) is 95.2 Å². The molecule has 9 rings (SSSR count). The number of piperidine rings is 1. The molecule has 14 nitrogen and oxygen atoms in total. The molecule has 0 bridgehead atoms. The summed E-state index contributed by atoms with van der Waals surface area (Å²) in [6.07, 6.45) is 8.49. The van der Waals surface area contributed by atoms with Gasteiger partial charge in [-0.15, -0.1) is 3.89 Å². The van der Waals surface area contributed by atoms with E-state index in [1.54, 1.807) is 29.9 Å². The van der Waals surface area contributed by atoms with Crippen LogP contribution in [0.3, 0.4) is 0 Å². The summed E-state index contributed by atoms with van der Waals surface area (Å²) in [5, 5.41) is 10.0. The summed E-state index contributed by atoms with van der Waals surface area (Å²) in [6, 6.07) is 14.8. The van der Waals surface area contributed by atoms with Crippen molar-refractivity contribution < 1.29 is 23.1 Å². The maximum absolute atomic E-state index is 13.4. The highest BCUT2D eigenvalue weighted by Gasteiger charge is 2.43. The second-order valence-corrected chi connectivity index (χ2v) is 15.2. The van der Waals surface area contributed by atoms with E-state index in [9.17, 15) is 23.1 Å². The van der Waals surface area contributed by atoms with Gasteiger partial charge in [0, 0.05) is 87.5 Å². The van der Waals surface area contributed by atoms with Gasteiger partial charge < -0.3 is 19.7 Å². The van der Waals surface area contributed by atoms with Crippen LogP contribution in [0, 0.1) is 0 Å². The van der Waals surface area contributed by atoms with Gasteiger partial charge in [0.05, 0.1) is 29.1 Å². The molecule has 0 aliphatic carbocycles. The van der Waals surface area contributed by atoms with Gasteiger partial charge in [-0.2, -0.15) is 9.40 Å². The molecule has 3 aliphatic rings. The van der Waals surface area contributed by atoms with Crippen molar-refractivity contribution in [3.8, 4) is 22.5 Å². The number of benzene rings is 2. The van der Waals surface area contributed by atoms with Crippen molar-refractivity contribution in [2.24, 2.45) is 7.05 Å². The van der Waals surface area contributed by atoms with Gasteiger partial charge in [0.25, 0.3) is 11.8 Å². The summed E-state index contributed by atoms with van der Waals surface area (Å²) in [4.78, 5) is 68.5. The lowest BCUT2D eigenvalue weighted by Crippen LogP contribution is -2.51. The van der Waals surface area contributed by atoms with Crippen LogP contribution in [-0.2, 0) is 47.5 Å². The number of fused-ring (bicyclic) bond motifs is 4. The highest BCUT2D eigenvalue weighted by molar-refractivity contribution is 7.93. The smallest absolute Gasteiger partial charge is 0.264 e. The van der Waals surface area contributed by atoms with E-state index in [0.29, 0.717) is 40.8 Å². The van der Waals surface area contributed by atoms with Gasteiger partial charge in [-0.05, 0) is 41.1 Å². The van der Waals surface area contributed by atoms with E-state index in [4.69, 9.17) is 20.1 Å². The first kappa shape index (κ1) is 37.2. The molecule has 0 saturated carbocycles. The minimum absolute atomic E-state index is 0.00937. The zero-order chi connectivity index (χ0) is 40.2. The number of hydrogen-bond donors (Lipinski definition) is 1. The molecule has 58 heavy (non-hydrogen) atoms. The average molecular weight is 799 g/mol. The summed E-state index contributed by atoms with van der Waals surface area (Å²) in [5.41, 5.74) is 8.17. The molecule has 3 aliphatic heterocycles. The Labute approximate surface area is 337 Å². The van der Waals surface area contributed by atoms with Crippen LogP contribution in [0.4, 0.5) is 9.70 Å². The lowest BCUT2D eigenvalue weighted by atomic mass is 10.0. The number of hydrogen-bond acceptors (Lipinski definition) is 10. The first-order chi connectivity index (χ1) is 28.1. The summed E-state index contributed by atoms with van der Waals surface area (Å²) >= 11 is -0.415. The highest BCUT2D eigenvalue weighted by atomic mass is 32.2. The number of halogens is 1. The fourth-order valence-corrected chi connectivity index (χ4v) is 8.72. The number of aryl methyl sites for hydroxylation is 2. The lowest BCUT2D eigenvalue weighted by molar-refractivity contribution is -0.145. The van der Waals surface area contributed by atoms with Crippen LogP contribution >= 0.6 is 12.3 Å². The SMILES string of the molecule is CCc1nc(-c2cccc3cc(-c4cnc5c(NC/C=C/c6cccc7c6CN(C6CCC(=O)N(SF)C6=O)C7=O)nn(C)c5c4)ncc23)c2n1CCN(C(C)=O)C2. The predicted molar refractivity (Wildman–Crippen MR) is 218 cm³/mol. The largest absolute Gasteiger partial charge is 0.363 e. The fourth-order valence-electron chi connectivity index (χ4n) is 8.36. The van der Waals surface area contributed by atoms with Gasteiger partial charge in [-0.25, -0.2) is 9.97 Å². The van der Waals surface area contributed by atoms with Crippen LogP contribution in [0.1, 0.15) is 59.7 Å². The lowest BCUT2D eigenvalue weighted by Gasteiger charge is -2.32. The second kappa shape index (κ2) is 14.8. The second-order valence-electron chi connectivity index (χ2n) is 14.7. The summed E-state index contributed by atoms with van der Waals surface area (Å²) < 4.78 is 17.9. The number of nitrogens with zero attached hydrogens (tertiary/aromatic N) is 9. The minimum Gasteiger partial charge on any atom is -0.363 e. The standard InChI is InChI=1S/C42H39FN10O4S/c1-4-36-47-38(35-23-50(24(2)54)16-17-51(35)36)28-11-6-9-26-18-32(45-21-30(26)28)27-19-34-39(46-20-27)40(48-49(34)3)44-15-7-10-25-8-5-12-29-31(25)22-52(41(29)56)33-13-14-37(55)53(58-43)42(33)57/h5-12,18-21,33H,4,13-17,22-23H2,1-3H3,(H,44,48)/b10-7+. The van der Waals surface area contributed by atoms with E-state index in [2.05, 4.69) is 35.0 Å². The molecule has 1 N–H and O–H groups in total. The average Bonchev–Trinajstić information content (AvgIpc) is 3.89. The van der Waals surface area contributed by atoms with E-state index in [1.807, 2.05) is 48.5 Å². The monoisotopic (exact) mass is 798 g/mol. The Morgan fingerprint density at radius 1 is 1.03 bits per heavy atom. The summed E-state index contributed by atoms with van der Waals surface area (Å²) in [5.74, 6) is 0.0736. The summed E-state index contributed by atoms with van der Waals surface area (Å²) in [7, 11) is 1.87. The Morgan fingerprint density at radius 2 is 1.86 bits per heavy atom. The van der Waals surface area contributed by atoms with Gasteiger partial charge in [-0.3, -0.25) is 28.8 Å². The van der Waals surface area contributed by atoms with Crippen molar-refractivity contribution in [1.29, 1.82) is 0 Å². The number of amides is 4. The molecular weight excluding hydrogens is 760 g/mol. The molecular formula is C42H39FN10O4S. The zero-order valence-electron chi connectivity index (χ0n) is 32.1. The number of anilines is 1. The normalized spacial score (nSPS) is 16.9. The van der Waals surface area contributed by atoms with Crippen LogP contribution in [0.2, 0.25) is 0 Å². The van der Waals surface area contributed by atoms with E-state index < -0.39 is 30.2 Å². The molecule has 7 heterocycles. The number of carbonyl (C=O) groups is 4. The van der Waals surface area contributed by atoms with Crippen molar-refractivity contribution in [2.45, 2.75) is 58.8 Å². The Morgan fingerprint density at radius 3 is 2.67 bits per heavy atom. The molecule has 1 fully saturated rings. The molecule has 4 aromatic heterocycles. The molecule has 1 saturated heterocycles. The van der Waals surface area contributed by atoms with Gasteiger partial charge >= 0.3 is 0 Å². The Hall–Kier alpha value is -6.42. The van der Waals surface area contributed by atoms with Crippen molar-refractivity contribution >= 4 is 69.7 Å². The van der Waals surface area contributed by atoms with Crippen molar-refractivity contribution in [3.63, 3.8) is 0 Å². The van der Waals surface area contributed by atoms with Crippen molar-refractivity contribution in [1.82, 2.24) is 43.4 Å². The minimum atomic E-state index is -0.899. The van der Waals surface area contributed by atoms with Gasteiger partial charge in [0.1, 0.15) is 17.4 Å². The van der Waals surface area contributed by atoms with Crippen LogP contribution in [0.5, 0.6) is 0 Å². The predicted octanol–water partition coefficient (Wildman–Crippen LogP) is 6.10. The molecule has 4 amide bonds. The Bertz CT molecular complexity index is 2730. The maximum Gasteiger partial charge on any atom is 0.264 e. The van der Waals surface area contributed by atoms with E-state index in [0.717, 1.165) is 74.4 Å². The van der Waals surface area contributed by atoms with Crippen molar-refractivity contribution in [2.75, 3.05) is 18.4 Å². The number of rotatable bonds is 9. The van der Waals surface area contributed by atoms with Crippen LogP contribution in [0.25, 0.3) is 50.4 Å². The van der Waals surface area contributed by atoms with Gasteiger partial charge in [0.15, 0.2) is 18.2 Å². The number of nitrogens with one attached hydrogen (secondary N) is 1. The number of carbonyl (C=O) groups excluding carboxylic acids is 4. The molecule has 294 valence electrons. The molecule has 16 heteroatoms. The number of imide groups is 1. The van der Waals surface area contributed by atoms with Crippen LogP contribution in [0.15, 0.2) is 67.0 Å². The quantitative estimate of drug-likeness (QED) is 0.134. The van der Waals surface area contributed by atoms with Crippen LogP contribution < -0.4 is 5.32 Å². The third kappa shape index (κ3) is 6.27. The molecule has 6 aromatic rings. The van der Waals surface area contributed by atoms with E-state index in [-0.39, 0.29) is 31.2 Å². The number of pyridine rings is 2. The molecule has 1 unspecified atom stereocenters. The Balaban J connectivity index is 0.920.